The van der Waals surface area contributed by atoms with Gasteiger partial charge in [-0.05, 0) is 19.1 Å². The summed E-state index contributed by atoms with van der Waals surface area (Å²) in [6.45, 7) is 1.78. The average Bonchev–Trinajstić information content (AvgIpc) is 2.71. The zero-order valence-electron chi connectivity index (χ0n) is 15.3. The molecule has 0 heterocycles. The van der Waals surface area contributed by atoms with Gasteiger partial charge in [-0.2, -0.15) is 8.78 Å². The molecule has 0 unspecified atom stereocenters. The Kier molecular flexibility index (Phi) is 5.87. The summed E-state index contributed by atoms with van der Waals surface area (Å²) in [5.74, 6) is -8.59. The van der Waals surface area contributed by atoms with Gasteiger partial charge in [0, 0.05) is 23.3 Å². The SMILES string of the molecule is Cc1ccc(/C(F)=C(\F)c2ccc(C(F)(F)Oc3cc(F)c(F)c(F)c3)cc2)cc1. The van der Waals surface area contributed by atoms with Gasteiger partial charge in [0.15, 0.2) is 29.1 Å². The minimum absolute atomic E-state index is 0.0174. The lowest BCUT2D eigenvalue weighted by Gasteiger charge is -2.18. The van der Waals surface area contributed by atoms with E-state index in [1.54, 1.807) is 19.1 Å². The quantitative estimate of drug-likeness (QED) is 0.236. The third kappa shape index (κ3) is 4.48. The predicted octanol–water partition coefficient (Wildman–Crippen LogP) is 7.31. The highest BCUT2D eigenvalue weighted by molar-refractivity contribution is 5.83. The molecule has 0 aliphatic carbocycles. The van der Waals surface area contributed by atoms with Crippen molar-refractivity contribution < 1.29 is 35.5 Å². The van der Waals surface area contributed by atoms with Crippen LogP contribution in [0.3, 0.4) is 0 Å². The summed E-state index contributed by atoms with van der Waals surface area (Å²) in [6.07, 6.45) is -4.08. The fraction of sp³-hybridized carbons (Fsp3) is 0.0909. The molecule has 0 saturated carbocycles. The van der Waals surface area contributed by atoms with E-state index in [1.165, 1.54) is 12.1 Å². The molecule has 0 fully saturated rings. The molecule has 3 aromatic rings. The molecule has 156 valence electrons. The molecular formula is C22H13F7O. The highest BCUT2D eigenvalue weighted by Crippen LogP contribution is 2.35. The fourth-order valence-electron chi connectivity index (χ4n) is 2.56. The molecule has 0 N–H and O–H groups in total. The number of benzene rings is 3. The van der Waals surface area contributed by atoms with E-state index in [0.29, 0.717) is 0 Å². The Balaban J connectivity index is 1.85. The Morgan fingerprint density at radius 2 is 1.17 bits per heavy atom. The van der Waals surface area contributed by atoms with E-state index < -0.39 is 46.5 Å². The van der Waals surface area contributed by atoms with Crippen LogP contribution in [0.5, 0.6) is 5.75 Å². The smallest absolute Gasteiger partial charge is 0.426 e. The highest BCUT2D eigenvalue weighted by atomic mass is 19.3. The molecular weight excluding hydrogens is 413 g/mol. The van der Waals surface area contributed by atoms with Crippen LogP contribution in [0.15, 0.2) is 60.7 Å². The van der Waals surface area contributed by atoms with Crippen LogP contribution >= 0.6 is 0 Å². The average molecular weight is 426 g/mol. The fourth-order valence-corrected chi connectivity index (χ4v) is 2.56. The van der Waals surface area contributed by atoms with E-state index >= 15 is 0 Å². The van der Waals surface area contributed by atoms with Gasteiger partial charge in [-0.1, -0.05) is 42.0 Å². The normalized spacial score (nSPS) is 12.5. The summed E-state index contributed by atoms with van der Waals surface area (Å²) >= 11 is 0. The molecule has 1 nitrogen and oxygen atoms in total. The molecule has 3 aromatic carbocycles. The first kappa shape index (κ1) is 21.4. The van der Waals surface area contributed by atoms with E-state index in [4.69, 9.17) is 0 Å². The second-order valence-electron chi connectivity index (χ2n) is 6.39. The molecule has 3 rings (SSSR count). The lowest BCUT2D eigenvalue weighted by atomic mass is 10.1. The van der Waals surface area contributed by atoms with Gasteiger partial charge < -0.3 is 4.74 Å². The van der Waals surface area contributed by atoms with Gasteiger partial charge in [-0.25, -0.2) is 22.0 Å². The number of hydrogen-bond acceptors (Lipinski definition) is 1. The van der Waals surface area contributed by atoms with Crippen LogP contribution in [0.1, 0.15) is 22.3 Å². The number of alkyl halides is 2. The van der Waals surface area contributed by atoms with Crippen LogP contribution in [0.4, 0.5) is 30.7 Å². The van der Waals surface area contributed by atoms with Gasteiger partial charge >= 0.3 is 6.11 Å². The molecule has 30 heavy (non-hydrogen) atoms. The monoisotopic (exact) mass is 426 g/mol. The van der Waals surface area contributed by atoms with Crippen LogP contribution in [0.2, 0.25) is 0 Å². The van der Waals surface area contributed by atoms with Crippen molar-refractivity contribution in [1.29, 1.82) is 0 Å². The zero-order valence-corrected chi connectivity index (χ0v) is 15.3. The standard InChI is InChI=1S/C22H13F7O/c1-12-2-4-13(5-3-12)19(25)20(26)14-6-8-15(9-7-14)22(28,29)30-16-10-17(23)21(27)18(24)11-16/h2-11H,1H3/b20-19+. The van der Waals surface area contributed by atoms with Gasteiger partial charge in [0.05, 0.1) is 5.56 Å². The Morgan fingerprint density at radius 1 is 0.733 bits per heavy atom. The molecule has 0 aliphatic rings. The van der Waals surface area contributed by atoms with E-state index in [1.807, 2.05) is 0 Å². The first-order chi connectivity index (χ1) is 14.1. The number of halogens is 7. The molecule has 0 aliphatic heterocycles. The van der Waals surface area contributed by atoms with Crippen LogP contribution in [-0.4, -0.2) is 0 Å². The van der Waals surface area contributed by atoms with Crippen LogP contribution < -0.4 is 4.74 Å². The van der Waals surface area contributed by atoms with Crippen LogP contribution in [0, 0.1) is 24.4 Å². The maximum atomic E-state index is 14.4. The summed E-state index contributed by atoms with van der Waals surface area (Å²) in [5, 5.41) is 0. The first-order valence-corrected chi connectivity index (χ1v) is 8.53. The van der Waals surface area contributed by atoms with E-state index in [2.05, 4.69) is 4.74 Å². The summed E-state index contributed by atoms with van der Waals surface area (Å²) in [7, 11) is 0. The number of ether oxygens (including phenoxy) is 1. The van der Waals surface area contributed by atoms with Crippen LogP contribution in [-0.2, 0) is 6.11 Å². The van der Waals surface area contributed by atoms with E-state index in [-0.39, 0.29) is 23.3 Å². The third-order valence-corrected chi connectivity index (χ3v) is 4.18. The summed E-state index contributed by atoms with van der Waals surface area (Å²) < 4.78 is 101. The minimum atomic E-state index is -4.08. The van der Waals surface area contributed by atoms with Crippen molar-refractivity contribution in [2.75, 3.05) is 0 Å². The summed E-state index contributed by atoms with van der Waals surface area (Å²) in [4.78, 5) is 0. The molecule has 8 heteroatoms. The third-order valence-electron chi connectivity index (χ3n) is 4.18. The van der Waals surface area contributed by atoms with Gasteiger partial charge in [0.1, 0.15) is 5.75 Å². The van der Waals surface area contributed by atoms with Gasteiger partial charge in [0.2, 0.25) is 0 Å². The lowest BCUT2D eigenvalue weighted by molar-refractivity contribution is -0.185. The Bertz CT molecular complexity index is 1060. The lowest BCUT2D eigenvalue weighted by Crippen LogP contribution is -2.22. The number of hydrogen-bond donors (Lipinski definition) is 0. The molecule has 0 bridgehead atoms. The highest BCUT2D eigenvalue weighted by Gasteiger charge is 2.35. The van der Waals surface area contributed by atoms with Crippen LogP contribution in [0.25, 0.3) is 11.7 Å². The zero-order chi connectivity index (χ0) is 22.1. The number of aryl methyl sites for hydroxylation is 1. The number of rotatable bonds is 5. The Hall–Kier alpha value is -3.29. The Morgan fingerprint density at radius 3 is 1.63 bits per heavy atom. The largest absolute Gasteiger partial charge is 0.429 e. The van der Waals surface area contributed by atoms with Gasteiger partial charge in [-0.3, -0.25) is 0 Å². The maximum Gasteiger partial charge on any atom is 0.426 e. The maximum absolute atomic E-state index is 14.4. The second-order valence-corrected chi connectivity index (χ2v) is 6.39. The second kappa shape index (κ2) is 8.22. The molecule has 0 radical (unpaired) electrons. The van der Waals surface area contributed by atoms with Crippen molar-refractivity contribution in [3.05, 3.63) is 100 Å². The first-order valence-electron chi connectivity index (χ1n) is 8.53. The van der Waals surface area contributed by atoms with Crippen molar-refractivity contribution in [1.82, 2.24) is 0 Å². The van der Waals surface area contributed by atoms with Crippen molar-refractivity contribution >= 4 is 11.7 Å². The van der Waals surface area contributed by atoms with Crippen molar-refractivity contribution in [2.24, 2.45) is 0 Å². The summed E-state index contributed by atoms with van der Waals surface area (Å²) in [5.41, 5.74) is -0.262. The summed E-state index contributed by atoms with van der Waals surface area (Å²) in [6, 6.07) is 9.81. The molecule has 0 amide bonds. The molecule has 0 spiro atoms. The van der Waals surface area contributed by atoms with Crippen molar-refractivity contribution in [3.8, 4) is 5.75 Å². The van der Waals surface area contributed by atoms with Crippen molar-refractivity contribution in [2.45, 2.75) is 13.0 Å². The van der Waals surface area contributed by atoms with E-state index in [9.17, 15) is 30.7 Å². The van der Waals surface area contributed by atoms with E-state index in [0.717, 1.165) is 29.8 Å². The van der Waals surface area contributed by atoms with Gasteiger partial charge in [0.25, 0.3) is 0 Å². The molecule has 0 aromatic heterocycles. The molecule has 0 saturated heterocycles. The Labute approximate surface area is 167 Å². The topological polar surface area (TPSA) is 9.23 Å². The molecule has 0 atom stereocenters. The van der Waals surface area contributed by atoms with Crippen molar-refractivity contribution in [3.63, 3.8) is 0 Å². The van der Waals surface area contributed by atoms with Gasteiger partial charge in [-0.15, -0.1) is 0 Å². The predicted molar refractivity (Wildman–Crippen MR) is 97.5 cm³/mol. The minimum Gasteiger partial charge on any atom is -0.429 e.